The van der Waals surface area contributed by atoms with E-state index in [4.69, 9.17) is 15.4 Å². The molecule has 0 saturated carbocycles. The van der Waals surface area contributed by atoms with Crippen LogP contribution in [0.4, 0.5) is 0 Å². The van der Waals surface area contributed by atoms with Gasteiger partial charge in [0.2, 0.25) is 0 Å². The zero-order valence-electron chi connectivity index (χ0n) is 8.73. The third-order valence-electron chi connectivity index (χ3n) is 2.48. The molecule has 1 aromatic heterocycles. The van der Waals surface area contributed by atoms with Crippen LogP contribution in [0.25, 0.3) is 11.0 Å². The van der Waals surface area contributed by atoms with E-state index in [1.54, 1.807) is 18.2 Å². The highest BCUT2D eigenvalue weighted by Gasteiger charge is 2.10. The molecule has 4 nitrogen and oxygen atoms in total. The fraction of sp³-hybridized carbons (Fsp3) is 0.167. The molecule has 1 heterocycles. The van der Waals surface area contributed by atoms with Gasteiger partial charge in [0, 0.05) is 11.5 Å². The van der Waals surface area contributed by atoms with E-state index in [1.807, 2.05) is 13.0 Å². The third kappa shape index (κ3) is 1.69. The minimum Gasteiger partial charge on any atom is -0.423 e. The molecule has 4 heteroatoms. The van der Waals surface area contributed by atoms with Crippen molar-refractivity contribution in [3.05, 3.63) is 45.8 Å². The molecule has 0 spiro atoms. The molecule has 0 aliphatic rings. The van der Waals surface area contributed by atoms with Crippen molar-refractivity contribution in [2.24, 2.45) is 5.73 Å². The van der Waals surface area contributed by atoms with Crippen molar-refractivity contribution in [3.8, 4) is 6.07 Å². The van der Waals surface area contributed by atoms with Gasteiger partial charge in [-0.05, 0) is 36.2 Å². The lowest BCUT2D eigenvalue weighted by Crippen LogP contribution is -2.09. The SMILES string of the molecule is Cc1cc2oc(=O)ccc2cc1C(N)C#N. The lowest BCUT2D eigenvalue weighted by Gasteiger charge is -2.08. The first-order valence-corrected chi connectivity index (χ1v) is 4.81. The zero-order valence-corrected chi connectivity index (χ0v) is 8.73. The van der Waals surface area contributed by atoms with Gasteiger partial charge in [0.25, 0.3) is 0 Å². The van der Waals surface area contributed by atoms with Crippen LogP contribution in [0.15, 0.2) is 33.5 Å². The lowest BCUT2D eigenvalue weighted by molar-refractivity contribution is 0.560. The average Bonchev–Trinajstić information content (AvgIpc) is 2.27. The molecule has 80 valence electrons. The quantitative estimate of drug-likeness (QED) is 0.731. The summed E-state index contributed by atoms with van der Waals surface area (Å²) < 4.78 is 5.03. The first-order chi connectivity index (χ1) is 7.61. The fourth-order valence-corrected chi connectivity index (χ4v) is 1.64. The predicted molar refractivity (Wildman–Crippen MR) is 59.8 cm³/mol. The Balaban J connectivity index is 2.73. The van der Waals surface area contributed by atoms with E-state index >= 15 is 0 Å². The summed E-state index contributed by atoms with van der Waals surface area (Å²) in [7, 11) is 0. The van der Waals surface area contributed by atoms with Gasteiger partial charge in [0.05, 0.1) is 6.07 Å². The number of aryl methyl sites for hydroxylation is 1. The molecule has 2 rings (SSSR count). The maximum Gasteiger partial charge on any atom is 0.336 e. The summed E-state index contributed by atoms with van der Waals surface area (Å²) in [4.78, 5) is 11.0. The molecule has 1 unspecified atom stereocenters. The molecule has 0 aliphatic heterocycles. The van der Waals surface area contributed by atoms with E-state index in [2.05, 4.69) is 0 Å². The zero-order chi connectivity index (χ0) is 11.7. The molecule has 1 aromatic carbocycles. The number of nitrogens with zero attached hydrogens (tertiary/aromatic N) is 1. The number of hydrogen-bond donors (Lipinski definition) is 1. The molecule has 0 saturated heterocycles. The van der Waals surface area contributed by atoms with Gasteiger partial charge in [-0.2, -0.15) is 5.26 Å². The predicted octanol–water partition coefficient (Wildman–Crippen LogP) is 1.62. The molecule has 0 fully saturated rings. The molecule has 16 heavy (non-hydrogen) atoms. The normalized spacial score (nSPS) is 12.3. The van der Waals surface area contributed by atoms with Gasteiger partial charge < -0.3 is 10.2 Å². The Morgan fingerprint density at radius 2 is 2.19 bits per heavy atom. The summed E-state index contributed by atoms with van der Waals surface area (Å²) in [6.07, 6.45) is 0. The van der Waals surface area contributed by atoms with Gasteiger partial charge in [0.1, 0.15) is 11.6 Å². The second-order valence-electron chi connectivity index (χ2n) is 3.61. The Kier molecular flexibility index (Phi) is 2.47. The highest BCUT2D eigenvalue weighted by Crippen LogP contribution is 2.22. The van der Waals surface area contributed by atoms with Crippen LogP contribution >= 0.6 is 0 Å². The Labute approximate surface area is 91.9 Å². The van der Waals surface area contributed by atoms with E-state index < -0.39 is 6.04 Å². The monoisotopic (exact) mass is 214 g/mol. The van der Waals surface area contributed by atoms with E-state index in [0.717, 1.165) is 16.5 Å². The van der Waals surface area contributed by atoms with Gasteiger partial charge in [-0.15, -0.1) is 0 Å². The molecule has 0 aliphatic carbocycles. The summed E-state index contributed by atoms with van der Waals surface area (Å²) >= 11 is 0. The molecule has 0 amide bonds. The summed E-state index contributed by atoms with van der Waals surface area (Å²) in [5.74, 6) is 0. The molecule has 2 N–H and O–H groups in total. The van der Waals surface area contributed by atoms with Crippen LogP contribution in [0.2, 0.25) is 0 Å². The van der Waals surface area contributed by atoms with Crippen LogP contribution in [0.3, 0.4) is 0 Å². The van der Waals surface area contributed by atoms with Crippen LogP contribution in [0.1, 0.15) is 17.2 Å². The Hall–Kier alpha value is -2.12. The summed E-state index contributed by atoms with van der Waals surface area (Å²) in [6.45, 7) is 1.83. The Morgan fingerprint density at radius 1 is 1.44 bits per heavy atom. The number of hydrogen-bond acceptors (Lipinski definition) is 4. The Morgan fingerprint density at radius 3 is 2.88 bits per heavy atom. The van der Waals surface area contributed by atoms with Crippen LogP contribution < -0.4 is 11.4 Å². The van der Waals surface area contributed by atoms with Gasteiger partial charge >= 0.3 is 5.63 Å². The maximum absolute atomic E-state index is 11.0. The minimum absolute atomic E-state index is 0.385. The second kappa shape index (κ2) is 3.80. The number of benzene rings is 1. The van der Waals surface area contributed by atoms with Crippen molar-refractivity contribution >= 4 is 11.0 Å². The van der Waals surface area contributed by atoms with Crippen molar-refractivity contribution in [1.29, 1.82) is 5.26 Å². The molecule has 2 aromatic rings. The average molecular weight is 214 g/mol. The number of rotatable bonds is 1. The van der Waals surface area contributed by atoms with Crippen molar-refractivity contribution in [2.45, 2.75) is 13.0 Å². The van der Waals surface area contributed by atoms with Gasteiger partial charge in [0.15, 0.2) is 0 Å². The van der Waals surface area contributed by atoms with E-state index in [-0.39, 0.29) is 5.63 Å². The highest BCUT2D eigenvalue weighted by atomic mass is 16.4. The number of nitrogens with two attached hydrogens (primary N) is 1. The van der Waals surface area contributed by atoms with E-state index in [1.165, 1.54) is 6.07 Å². The molecule has 0 radical (unpaired) electrons. The highest BCUT2D eigenvalue weighted by molar-refractivity contribution is 5.78. The van der Waals surface area contributed by atoms with Gasteiger partial charge in [-0.3, -0.25) is 0 Å². The van der Waals surface area contributed by atoms with Crippen LogP contribution in [-0.2, 0) is 0 Å². The first kappa shape index (κ1) is 10.4. The minimum atomic E-state index is -0.656. The van der Waals surface area contributed by atoms with Gasteiger partial charge in [-0.1, -0.05) is 0 Å². The van der Waals surface area contributed by atoms with Crippen LogP contribution in [-0.4, -0.2) is 0 Å². The lowest BCUT2D eigenvalue weighted by atomic mass is 10.0. The number of fused-ring (bicyclic) bond motifs is 1. The van der Waals surface area contributed by atoms with Crippen molar-refractivity contribution < 1.29 is 4.42 Å². The third-order valence-corrected chi connectivity index (χ3v) is 2.48. The second-order valence-corrected chi connectivity index (χ2v) is 3.61. The largest absolute Gasteiger partial charge is 0.423 e. The molecular weight excluding hydrogens is 204 g/mol. The van der Waals surface area contributed by atoms with Crippen molar-refractivity contribution in [3.63, 3.8) is 0 Å². The standard InChI is InChI=1S/C12H10N2O2/c1-7-4-11-8(2-3-12(15)16-11)5-9(7)10(14)6-13/h2-5,10H,14H2,1H3. The van der Waals surface area contributed by atoms with Crippen molar-refractivity contribution in [1.82, 2.24) is 0 Å². The summed E-state index contributed by atoms with van der Waals surface area (Å²) in [6, 6.07) is 7.84. The molecule has 1 atom stereocenters. The smallest absolute Gasteiger partial charge is 0.336 e. The topological polar surface area (TPSA) is 80.0 Å². The summed E-state index contributed by atoms with van der Waals surface area (Å²) in [5.41, 5.74) is 7.39. The summed E-state index contributed by atoms with van der Waals surface area (Å²) in [5, 5.41) is 9.55. The first-order valence-electron chi connectivity index (χ1n) is 4.81. The fourth-order valence-electron chi connectivity index (χ4n) is 1.64. The van der Waals surface area contributed by atoms with E-state index in [9.17, 15) is 4.79 Å². The molecule has 0 bridgehead atoms. The Bertz CT molecular complexity index is 637. The van der Waals surface area contributed by atoms with Crippen molar-refractivity contribution in [2.75, 3.05) is 0 Å². The van der Waals surface area contributed by atoms with Crippen LogP contribution in [0, 0.1) is 18.3 Å². The maximum atomic E-state index is 11.0. The number of nitriles is 1. The molecular formula is C12H10N2O2. The van der Waals surface area contributed by atoms with E-state index in [0.29, 0.717) is 5.58 Å². The van der Waals surface area contributed by atoms with Gasteiger partial charge in [-0.25, -0.2) is 4.79 Å². The van der Waals surface area contributed by atoms with Crippen LogP contribution in [0.5, 0.6) is 0 Å².